The van der Waals surface area contributed by atoms with E-state index in [4.69, 9.17) is 5.73 Å². The summed E-state index contributed by atoms with van der Waals surface area (Å²) in [6.07, 6.45) is 1.61. The minimum atomic E-state index is -0.674. The first-order valence-electron chi connectivity index (χ1n) is 7.53. The van der Waals surface area contributed by atoms with Gasteiger partial charge < -0.3 is 10.6 Å². The maximum absolute atomic E-state index is 12.7. The van der Waals surface area contributed by atoms with Crippen molar-refractivity contribution in [1.29, 1.82) is 0 Å². The number of hydrogen-bond donors (Lipinski definition) is 2. The van der Waals surface area contributed by atoms with E-state index in [0.29, 0.717) is 12.1 Å². The van der Waals surface area contributed by atoms with E-state index < -0.39 is 11.2 Å². The molecule has 0 unspecified atom stereocenters. The van der Waals surface area contributed by atoms with E-state index in [1.54, 1.807) is 18.2 Å². The molecule has 1 aromatic carbocycles. The van der Waals surface area contributed by atoms with Gasteiger partial charge in [0, 0.05) is 17.2 Å². The molecule has 0 saturated carbocycles. The van der Waals surface area contributed by atoms with E-state index in [0.717, 1.165) is 16.4 Å². The van der Waals surface area contributed by atoms with Gasteiger partial charge in [0.15, 0.2) is 5.69 Å². The average Bonchev–Trinajstić information content (AvgIpc) is 2.54. The molecule has 128 valence electrons. The Morgan fingerprint density at radius 1 is 1.33 bits per heavy atom. The van der Waals surface area contributed by atoms with Crippen LogP contribution in [0.1, 0.15) is 30.1 Å². The van der Waals surface area contributed by atoms with Crippen molar-refractivity contribution >= 4 is 40.0 Å². The summed E-state index contributed by atoms with van der Waals surface area (Å²) in [6.45, 7) is 2.37. The van der Waals surface area contributed by atoms with Gasteiger partial charge in [0.25, 0.3) is 11.5 Å². The highest BCUT2D eigenvalue weighted by Crippen LogP contribution is 2.20. The highest BCUT2D eigenvalue weighted by atomic mass is 127. The number of hydrogen-bond acceptors (Lipinski definition) is 4. The van der Waals surface area contributed by atoms with Crippen LogP contribution in [0.2, 0.25) is 0 Å². The predicted molar refractivity (Wildman–Crippen MR) is 103 cm³/mol. The van der Waals surface area contributed by atoms with Crippen molar-refractivity contribution in [2.45, 2.75) is 26.3 Å². The molecular formula is C16H19IN4O3. The maximum atomic E-state index is 12.7. The topological polar surface area (TPSA) is 101 Å². The number of aromatic nitrogens is 2. The molecule has 7 nitrogen and oxygen atoms in total. The number of nitrogen functional groups attached to an aromatic ring is 1. The summed E-state index contributed by atoms with van der Waals surface area (Å²) in [5.74, 6) is -0.364. The normalized spacial score (nSPS) is 10.6. The first-order chi connectivity index (χ1) is 11.4. The lowest BCUT2D eigenvalue weighted by Crippen LogP contribution is -2.39. The van der Waals surface area contributed by atoms with E-state index in [-0.39, 0.29) is 17.4 Å². The van der Waals surface area contributed by atoms with Gasteiger partial charge in [-0.05, 0) is 41.1 Å². The maximum Gasteiger partial charge on any atom is 0.330 e. The number of carbonyl (C=O) groups excluding carboxylic acids is 1. The second-order valence-electron chi connectivity index (χ2n) is 5.34. The number of anilines is 2. The van der Waals surface area contributed by atoms with Crippen LogP contribution in [0.25, 0.3) is 0 Å². The summed E-state index contributed by atoms with van der Waals surface area (Å²) < 4.78 is 2.06. The summed E-state index contributed by atoms with van der Waals surface area (Å²) in [6, 6.07) is 7.05. The number of rotatable bonds is 5. The molecule has 3 N–H and O–H groups in total. The molecule has 1 heterocycles. The molecule has 8 heteroatoms. The van der Waals surface area contributed by atoms with Gasteiger partial charge in [-0.15, -0.1) is 0 Å². The zero-order valence-corrected chi connectivity index (χ0v) is 15.7. The highest BCUT2D eigenvalue weighted by Gasteiger charge is 2.22. The number of carbonyl (C=O) groups is 1. The third kappa shape index (κ3) is 3.53. The summed E-state index contributed by atoms with van der Waals surface area (Å²) in [4.78, 5) is 40.3. The van der Waals surface area contributed by atoms with Gasteiger partial charge in [-0.1, -0.05) is 25.5 Å². The van der Waals surface area contributed by atoms with Gasteiger partial charge in [0.2, 0.25) is 0 Å². The standard InChI is InChI=1S/C16H19IN4O3/c1-3-4-9-21-13(18)12(14(22)19-16(21)24)20(2)15(23)10-7-5-6-8-11(10)17/h5-8H,3-4,9,18H2,1-2H3,(H,19,22,24). The number of halogens is 1. The van der Waals surface area contributed by atoms with Gasteiger partial charge in [-0.3, -0.25) is 19.1 Å². The number of nitrogens with two attached hydrogens (primary N) is 1. The molecule has 0 radical (unpaired) electrons. The summed E-state index contributed by atoms with van der Waals surface area (Å²) in [5, 5.41) is 0. The monoisotopic (exact) mass is 442 g/mol. The average molecular weight is 442 g/mol. The Hall–Kier alpha value is -2.10. The molecule has 1 amide bonds. The van der Waals surface area contributed by atoms with Crippen LogP contribution in [0.5, 0.6) is 0 Å². The predicted octanol–water partition coefficient (Wildman–Crippen LogP) is 1.80. The molecule has 0 aliphatic rings. The molecule has 1 aromatic heterocycles. The lowest BCUT2D eigenvalue weighted by Gasteiger charge is -2.20. The Labute approximate surface area is 152 Å². The number of amides is 1. The Kier molecular flexibility index (Phi) is 5.81. The molecule has 0 atom stereocenters. The van der Waals surface area contributed by atoms with Gasteiger partial charge in [-0.25, -0.2) is 4.79 Å². The van der Waals surface area contributed by atoms with Crippen molar-refractivity contribution in [3.63, 3.8) is 0 Å². The van der Waals surface area contributed by atoms with Crippen LogP contribution in [-0.4, -0.2) is 22.5 Å². The summed E-state index contributed by atoms with van der Waals surface area (Å²) in [7, 11) is 1.47. The largest absolute Gasteiger partial charge is 0.383 e. The number of nitrogens with one attached hydrogen (secondary N) is 1. The number of unbranched alkanes of at least 4 members (excludes halogenated alkanes) is 1. The third-order valence-corrected chi connectivity index (χ3v) is 4.63. The lowest BCUT2D eigenvalue weighted by molar-refractivity contribution is 0.0992. The first-order valence-corrected chi connectivity index (χ1v) is 8.61. The van der Waals surface area contributed by atoms with E-state index in [1.807, 2.05) is 13.0 Å². The van der Waals surface area contributed by atoms with Crippen molar-refractivity contribution in [2.75, 3.05) is 17.7 Å². The fourth-order valence-electron chi connectivity index (χ4n) is 2.36. The highest BCUT2D eigenvalue weighted by molar-refractivity contribution is 14.1. The van der Waals surface area contributed by atoms with Gasteiger partial charge in [0.1, 0.15) is 5.82 Å². The van der Waals surface area contributed by atoms with Crippen LogP contribution >= 0.6 is 22.6 Å². The van der Waals surface area contributed by atoms with Crippen LogP contribution in [0, 0.1) is 3.57 Å². The molecule has 0 spiro atoms. The molecule has 24 heavy (non-hydrogen) atoms. The number of benzene rings is 1. The fourth-order valence-corrected chi connectivity index (χ4v) is 2.97. The molecular weight excluding hydrogens is 423 g/mol. The van der Waals surface area contributed by atoms with Crippen LogP contribution in [0.15, 0.2) is 33.9 Å². The molecule has 0 aliphatic heterocycles. The van der Waals surface area contributed by atoms with E-state index in [2.05, 4.69) is 27.6 Å². The summed E-state index contributed by atoms with van der Waals surface area (Å²) in [5.41, 5.74) is 5.23. The molecule has 0 saturated heterocycles. The smallest absolute Gasteiger partial charge is 0.330 e. The Balaban J connectivity index is 2.51. The minimum Gasteiger partial charge on any atom is -0.383 e. The first kappa shape index (κ1) is 18.2. The van der Waals surface area contributed by atoms with E-state index in [1.165, 1.54) is 16.5 Å². The second-order valence-corrected chi connectivity index (χ2v) is 6.50. The van der Waals surface area contributed by atoms with Gasteiger partial charge in [0.05, 0.1) is 5.56 Å². The number of nitrogens with zero attached hydrogens (tertiary/aromatic N) is 2. The zero-order valence-electron chi connectivity index (χ0n) is 13.5. The molecule has 0 bridgehead atoms. The van der Waals surface area contributed by atoms with Crippen LogP contribution < -0.4 is 21.9 Å². The SMILES string of the molecule is CCCCn1c(N)c(N(C)C(=O)c2ccccc2I)c(=O)[nH]c1=O. The molecule has 2 rings (SSSR count). The van der Waals surface area contributed by atoms with Crippen molar-refractivity contribution < 1.29 is 4.79 Å². The van der Waals surface area contributed by atoms with E-state index >= 15 is 0 Å². The fraction of sp³-hybridized carbons (Fsp3) is 0.312. The molecule has 0 fully saturated rings. The Morgan fingerprint density at radius 3 is 2.62 bits per heavy atom. The third-order valence-electron chi connectivity index (χ3n) is 3.69. The number of H-pyrrole nitrogens is 1. The summed E-state index contributed by atoms with van der Waals surface area (Å²) >= 11 is 2.06. The number of aromatic amines is 1. The molecule has 2 aromatic rings. The van der Waals surface area contributed by atoms with Crippen LogP contribution in [0.4, 0.5) is 11.5 Å². The van der Waals surface area contributed by atoms with E-state index in [9.17, 15) is 14.4 Å². The Morgan fingerprint density at radius 2 is 2.00 bits per heavy atom. The lowest BCUT2D eigenvalue weighted by atomic mass is 10.2. The van der Waals surface area contributed by atoms with Crippen molar-refractivity contribution in [3.8, 4) is 0 Å². The second kappa shape index (κ2) is 7.65. The zero-order chi connectivity index (χ0) is 17.9. The van der Waals surface area contributed by atoms with Gasteiger partial charge >= 0.3 is 5.69 Å². The quantitative estimate of drug-likeness (QED) is 0.690. The van der Waals surface area contributed by atoms with Crippen molar-refractivity contribution in [1.82, 2.24) is 9.55 Å². The van der Waals surface area contributed by atoms with Gasteiger partial charge in [-0.2, -0.15) is 0 Å². The van der Waals surface area contributed by atoms with Crippen molar-refractivity contribution in [2.24, 2.45) is 0 Å². The van der Waals surface area contributed by atoms with Crippen LogP contribution in [0.3, 0.4) is 0 Å². The Bertz CT molecular complexity index is 872. The van der Waals surface area contributed by atoms with Crippen LogP contribution in [-0.2, 0) is 6.54 Å². The van der Waals surface area contributed by atoms with Crippen molar-refractivity contribution in [3.05, 3.63) is 54.2 Å². The minimum absolute atomic E-state index is 0.000936. The molecule has 0 aliphatic carbocycles.